The number of pyridine rings is 1. The van der Waals surface area contributed by atoms with Crippen LogP contribution in [0.2, 0.25) is 0 Å². The molecule has 0 bridgehead atoms. The average Bonchev–Trinajstić information content (AvgIpc) is 3.37. The van der Waals surface area contributed by atoms with E-state index in [0.29, 0.717) is 36.4 Å². The number of fused-ring (bicyclic) bond motifs is 1. The molecule has 5 rings (SSSR count). The van der Waals surface area contributed by atoms with Crippen molar-refractivity contribution in [1.82, 2.24) is 19.1 Å². The normalized spacial score (nSPS) is 13.6. The highest BCUT2D eigenvalue weighted by molar-refractivity contribution is 6.04. The van der Waals surface area contributed by atoms with Gasteiger partial charge in [-0.2, -0.15) is 0 Å². The molecular formula is C25H23N5O3. The standard InChI is InChI=1S/C25H23N5O3/c31-23-11-5-12-28(23)16-18-6-3-8-20(14-18)24(32)26-21-9-4-7-19(15-21)17-30-25(33)29-13-2-1-10-22(29)27-30/h1-4,6-10,13-15H,5,11-12,16-17H2,(H,26,32). The number of hydrogen-bond donors (Lipinski definition) is 1. The summed E-state index contributed by atoms with van der Waals surface area (Å²) in [7, 11) is 0. The molecule has 1 fully saturated rings. The summed E-state index contributed by atoms with van der Waals surface area (Å²) in [5, 5.41) is 7.28. The molecule has 8 nitrogen and oxygen atoms in total. The molecule has 33 heavy (non-hydrogen) atoms. The van der Waals surface area contributed by atoms with Crippen LogP contribution in [-0.2, 0) is 17.9 Å². The number of rotatable bonds is 6. The van der Waals surface area contributed by atoms with Gasteiger partial charge in [-0.05, 0) is 53.9 Å². The number of carbonyl (C=O) groups is 2. The fourth-order valence-corrected chi connectivity index (χ4v) is 4.10. The number of benzene rings is 2. The van der Waals surface area contributed by atoms with Crippen molar-refractivity contribution in [3.63, 3.8) is 0 Å². The maximum absolute atomic E-state index is 12.8. The fraction of sp³-hybridized carbons (Fsp3) is 0.200. The molecule has 1 aliphatic rings. The second kappa shape index (κ2) is 8.74. The molecule has 8 heteroatoms. The van der Waals surface area contributed by atoms with E-state index >= 15 is 0 Å². The maximum Gasteiger partial charge on any atom is 0.350 e. The highest BCUT2D eigenvalue weighted by Crippen LogP contribution is 2.17. The first-order valence-electron chi connectivity index (χ1n) is 10.9. The largest absolute Gasteiger partial charge is 0.350 e. The lowest BCUT2D eigenvalue weighted by molar-refractivity contribution is -0.128. The predicted octanol–water partition coefficient (Wildman–Crippen LogP) is 2.92. The van der Waals surface area contributed by atoms with Crippen molar-refractivity contribution >= 4 is 23.1 Å². The summed E-state index contributed by atoms with van der Waals surface area (Å²) in [6, 6.07) is 20.1. The van der Waals surface area contributed by atoms with Crippen LogP contribution >= 0.6 is 0 Å². The van der Waals surface area contributed by atoms with Crippen LogP contribution in [0.25, 0.3) is 5.65 Å². The fourth-order valence-electron chi connectivity index (χ4n) is 4.10. The first kappa shape index (κ1) is 20.7. The van der Waals surface area contributed by atoms with E-state index in [1.165, 1.54) is 9.08 Å². The van der Waals surface area contributed by atoms with E-state index in [2.05, 4.69) is 10.4 Å². The van der Waals surface area contributed by atoms with Gasteiger partial charge in [0.1, 0.15) is 0 Å². The topological polar surface area (TPSA) is 88.7 Å². The van der Waals surface area contributed by atoms with Crippen LogP contribution in [-0.4, -0.2) is 37.4 Å². The molecule has 0 spiro atoms. The zero-order chi connectivity index (χ0) is 22.8. The van der Waals surface area contributed by atoms with E-state index in [9.17, 15) is 14.4 Å². The summed E-state index contributed by atoms with van der Waals surface area (Å²) in [6.07, 6.45) is 3.17. The highest BCUT2D eigenvalue weighted by Gasteiger charge is 2.20. The Balaban J connectivity index is 1.30. The number of nitrogens with zero attached hydrogens (tertiary/aromatic N) is 4. The van der Waals surface area contributed by atoms with Crippen molar-refractivity contribution in [3.8, 4) is 0 Å². The van der Waals surface area contributed by atoms with Gasteiger partial charge in [0.15, 0.2) is 5.65 Å². The Labute approximate surface area is 190 Å². The Morgan fingerprint density at radius 2 is 1.76 bits per heavy atom. The Bertz CT molecular complexity index is 1400. The number of likely N-dealkylation sites (tertiary alicyclic amines) is 1. The van der Waals surface area contributed by atoms with Crippen molar-refractivity contribution in [3.05, 3.63) is 100 Å². The van der Waals surface area contributed by atoms with E-state index < -0.39 is 0 Å². The van der Waals surface area contributed by atoms with Gasteiger partial charge in [-0.25, -0.2) is 9.48 Å². The molecular weight excluding hydrogens is 418 g/mol. The van der Waals surface area contributed by atoms with Gasteiger partial charge >= 0.3 is 5.69 Å². The van der Waals surface area contributed by atoms with Crippen LogP contribution in [0.4, 0.5) is 5.69 Å². The van der Waals surface area contributed by atoms with Gasteiger partial charge in [-0.3, -0.25) is 14.0 Å². The molecule has 1 saturated heterocycles. The summed E-state index contributed by atoms with van der Waals surface area (Å²) in [5.41, 5.74) is 3.31. The van der Waals surface area contributed by atoms with Gasteiger partial charge in [-0.1, -0.05) is 30.3 Å². The van der Waals surface area contributed by atoms with Gasteiger partial charge in [-0.15, -0.1) is 5.10 Å². The Morgan fingerprint density at radius 3 is 2.55 bits per heavy atom. The number of anilines is 1. The second-order valence-corrected chi connectivity index (χ2v) is 8.14. The van der Waals surface area contributed by atoms with E-state index in [1.54, 1.807) is 30.5 Å². The third-order valence-electron chi connectivity index (χ3n) is 5.74. The molecule has 2 aromatic carbocycles. The Kier molecular flexibility index (Phi) is 5.48. The quantitative estimate of drug-likeness (QED) is 0.498. The second-order valence-electron chi connectivity index (χ2n) is 8.14. The molecule has 0 atom stereocenters. The van der Waals surface area contributed by atoms with Crippen LogP contribution in [0.15, 0.2) is 77.7 Å². The first-order chi connectivity index (χ1) is 16.1. The molecule has 0 saturated carbocycles. The van der Waals surface area contributed by atoms with Crippen molar-refractivity contribution < 1.29 is 9.59 Å². The van der Waals surface area contributed by atoms with E-state index in [4.69, 9.17) is 0 Å². The molecule has 2 amide bonds. The van der Waals surface area contributed by atoms with Gasteiger partial charge in [0.05, 0.1) is 6.54 Å². The predicted molar refractivity (Wildman–Crippen MR) is 124 cm³/mol. The minimum Gasteiger partial charge on any atom is -0.338 e. The van der Waals surface area contributed by atoms with Crippen LogP contribution in [0.1, 0.15) is 34.3 Å². The van der Waals surface area contributed by atoms with E-state index in [0.717, 1.165) is 24.1 Å². The summed E-state index contributed by atoms with van der Waals surface area (Å²) < 4.78 is 2.90. The monoisotopic (exact) mass is 441 g/mol. The first-order valence-corrected chi connectivity index (χ1v) is 10.9. The van der Waals surface area contributed by atoms with Crippen molar-refractivity contribution in [2.24, 2.45) is 0 Å². The number of amides is 2. The maximum atomic E-state index is 12.8. The summed E-state index contributed by atoms with van der Waals surface area (Å²) in [5.74, 6) is -0.0713. The molecule has 166 valence electrons. The highest BCUT2D eigenvalue weighted by atomic mass is 16.2. The third-order valence-corrected chi connectivity index (χ3v) is 5.74. The van der Waals surface area contributed by atoms with Crippen LogP contribution in [0, 0.1) is 0 Å². The van der Waals surface area contributed by atoms with Crippen molar-refractivity contribution in [2.45, 2.75) is 25.9 Å². The smallest absolute Gasteiger partial charge is 0.338 e. The van der Waals surface area contributed by atoms with Crippen LogP contribution < -0.4 is 11.0 Å². The minimum atomic E-state index is -0.230. The zero-order valence-corrected chi connectivity index (χ0v) is 18.0. The van der Waals surface area contributed by atoms with Gasteiger partial charge in [0.25, 0.3) is 5.91 Å². The van der Waals surface area contributed by atoms with Crippen LogP contribution in [0.5, 0.6) is 0 Å². The van der Waals surface area contributed by atoms with Crippen molar-refractivity contribution in [2.75, 3.05) is 11.9 Å². The molecule has 4 aromatic rings. The summed E-state index contributed by atoms with van der Waals surface area (Å²) in [4.78, 5) is 39.1. The van der Waals surface area contributed by atoms with Crippen molar-refractivity contribution in [1.29, 1.82) is 0 Å². The SMILES string of the molecule is O=C(Nc1cccc(Cn2nc3ccccn3c2=O)c1)c1cccc(CN2CCCC2=O)c1. The number of carbonyl (C=O) groups excluding carboxylic acids is 2. The third kappa shape index (κ3) is 4.41. The molecule has 0 aliphatic carbocycles. The lowest BCUT2D eigenvalue weighted by Crippen LogP contribution is -2.24. The molecule has 1 N–H and O–H groups in total. The Morgan fingerprint density at radius 1 is 0.939 bits per heavy atom. The van der Waals surface area contributed by atoms with Gasteiger partial charge in [0, 0.05) is 37.0 Å². The van der Waals surface area contributed by atoms with Crippen LogP contribution in [0.3, 0.4) is 0 Å². The lowest BCUT2D eigenvalue weighted by atomic mass is 10.1. The molecule has 0 radical (unpaired) electrons. The van der Waals surface area contributed by atoms with E-state index in [1.807, 2.05) is 47.4 Å². The average molecular weight is 441 g/mol. The Hall–Kier alpha value is -4.20. The van der Waals surface area contributed by atoms with Gasteiger partial charge < -0.3 is 10.2 Å². The molecule has 3 heterocycles. The molecule has 0 unspecified atom stereocenters. The number of hydrogen-bond acceptors (Lipinski definition) is 4. The van der Waals surface area contributed by atoms with Gasteiger partial charge in [0.2, 0.25) is 5.91 Å². The minimum absolute atomic E-state index is 0.159. The van der Waals surface area contributed by atoms with E-state index in [-0.39, 0.29) is 17.5 Å². The summed E-state index contributed by atoms with van der Waals surface area (Å²) >= 11 is 0. The number of nitrogens with one attached hydrogen (secondary N) is 1. The molecule has 2 aromatic heterocycles. The zero-order valence-electron chi connectivity index (χ0n) is 18.0. The lowest BCUT2D eigenvalue weighted by Gasteiger charge is -2.16. The summed E-state index contributed by atoms with van der Waals surface area (Å²) in [6.45, 7) is 1.57. The number of aromatic nitrogens is 3. The molecule has 1 aliphatic heterocycles.